The van der Waals surface area contributed by atoms with Crippen molar-refractivity contribution >= 4 is 11.7 Å². The molecule has 0 unspecified atom stereocenters. The largest absolute Gasteiger partial charge is 0.329 e. The number of pyridine rings is 1. The summed E-state index contributed by atoms with van der Waals surface area (Å²) in [4.78, 5) is 16.3. The van der Waals surface area contributed by atoms with E-state index in [1.54, 1.807) is 6.20 Å². The molecule has 0 aliphatic heterocycles. The number of hydrogen-bond donors (Lipinski definition) is 2. The molecule has 3 N–H and O–H groups in total. The Morgan fingerprint density at radius 2 is 2.12 bits per heavy atom. The van der Waals surface area contributed by atoms with Gasteiger partial charge in [-0.1, -0.05) is 13.8 Å². The minimum Gasteiger partial charge on any atom is -0.329 e. The zero-order chi connectivity index (χ0) is 12.9. The number of rotatable bonds is 5. The number of aryl methyl sites for hydroxylation is 1. The second kappa shape index (κ2) is 5.77. The summed E-state index contributed by atoms with van der Waals surface area (Å²) in [5.74, 6) is 0.554. The second-order valence-electron chi connectivity index (χ2n) is 4.36. The average Bonchev–Trinajstić information content (AvgIpc) is 2.32. The zero-order valence-electron chi connectivity index (χ0n) is 10.8. The Bertz CT molecular complexity index is 378. The number of carbonyl (C=O) groups excluding carboxylic acids is 1. The molecule has 1 heterocycles. The van der Waals surface area contributed by atoms with Gasteiger partial charge in [-0.2, -0.15) is 0 Å². The van der Waals surface area contributed by atoms with Crippen molar-refractivity contribution < 1.29 is 4.79 Å². The van der Waals surface area contributed by atoms with Crippen molar-refractivity contribution in [3.8, 4) is 0 Å². The van der Waals surface area contributed by atoms with Crippen molar-refractivity contribution in [2.24, 2.45) is 11.1 Å². The number of aromatic nitrogens is 1. The van der Waals surface area contributed by atoms with E-state index < -0.39 is 5.41 Å². The molecular weight excluding hydrogens is 214 g/mol. The molecule has 1 aromatic rings. The van der Waals surface area contributed by atoms with Crippen molar-refractivity contribution in [2.45, 2.75) is 33.6 Å². The van der Waals surface area contributed by atoms with Crippen LogP contribution in [0.4, 0.5) is 5.82 Å². The Morgan fingerprint density at radius 1 is 1.47 bits per heavy atom. The van der Waals surface area contributed by atoms with E-state index in [0.717, 1.165) is 18.4 Å². The topological polar surface area (TPSA) is 68.0 Å². The highest BCUT2D eigenvalue weighted by Crippen LogP contribution is 2.26. The Morgan fingerprint density at radius 3 is 2.59 bits per heavy atom. The van der Waals surface area contributed by atoms with Crippen LogP contribution in [0.15, 0.2) is 18.3 Å². The van der Waals surface area contributed by atoms with Gasteiger partial charge in [-0.05, 0) is 37.5 Å². The molecule has 0 radical (unpaired) electrons. The predicted molar refractivity (Wildman–Crippen MR) is 69.7 cm³/mol. The fourth-order valence-corrected chi connectivity index (χ4v) is 1.81. The highest BCUT2D eigenvalue weighted by Gasteiger charge is 2.33. The molecule has 0 aliphatic rings. The van der Waals surface area contributed by atoms with Crippen LogP contribution in [0.25, 0.3) is 0 Å². The molecule has 0 aliphatic carbocycles. The van der Waals surface area contributed by atoms with Gasteiger partial charge < -0.3 is 11.1 Å². The molecule has 1 amide bonds. The maximum absolute atomic E-state index is 12.2. The number of anilines is 1. The summed E-state index contributed by atoms with van der Waals surface area (Å²) in [7, 11) is 0. The Hall–Kier alpha value is -1.42. The summed E-state index contributed by atoms with van der Waals surface area (Å²) in [6.07, 6.45) is 3.16. The minimum atomic E-state index is -0.481. The fraction of sp³-hybridized carbons (Fsp3) is 0.538. The van der Waals surface area contributed by atoms with Crippen molar-refractivity contribution in [1.82, 2.24) is 4.98 Å². The number of nitrogens with one attached hydrogen (secondary N) is 1. The molecule has 0 atom stereocenters. The molecule has 1 rings (SSSR count). The highest BCUT2D eigenvalue weighted by molar-refractivity contribution is 5.94. The van der Waals surface area contributed by atoms with E-state index in [1.165, 1.54) is 0 Å². The van der Waals surface area contributed by atoms with E-state index in [-0.39, 0.29) is 5.91 Å². The van der Waals surface area contributed by atoms with Gasteiger partial charge in [0.25, 0.3) is 0 Å². The molecule has 0 spiro atoms. The Kier molecular flexibility index (Phi) is 4.63. The second-order valence-corrected chi connectivity index (χ2v) is 4.36. The molecule has 1 aromatic heterocycles. The van der Waals surface area contributed by atoms with Crippen LogP contribution in [0, 0.1) is 12.3 Å². The van der Waals surface area contributed by atoms with Gasteiger partial charge in [0.15, 0.2) is 0 Å². The van der Waals surface area contributed by atoms with Crippen LogP contribution < -0.4 is 11.1 Å². The summed E-state index contributed by atoms with van der Waals surface area (Å²) in [5.41, 5.74) is 6.32. The van der Waals surface area contributed by atoms with Crippen LogP contribution in [-0.2, 0) is 4.79 Å². The van der Waals surface area contributed by atoms with Crippen molar-refractivity contribution in [3.63, 3.8) is 0 Å². The summed E-state index contributed by atoms with van der Waals surface area (Å²) < 4.78 is 0. The lowest BCUT2D eigenvalue weighted by atomic mass is 9.81. The third kappa shape index (κ3) is 3.03. The first kappa shape index (κ1) is 13.6. The number of nitrogens with zero attached hydrogens (tertiary/aromatic N) is 1. The van der Waals surface area contributed by atoms with E-state index in [0.29, 0.717) is 12.4 Å². The number of hydrogen-bond acceptors (Lipinski definition) is 3. The lowest BCUT2D eigenvalue weighted by Crippen LogP contribution is -2.41. The third-order valence-corrected chi connectivity index (χ3v) is 3.38. The van der Waals surface area contributed by atoms with Gasteiger partial charge in [-0.15, -0.1) is 0 Å². The lowest BCUT2D eigenvalue weighted by Gasteiger charge is -2.28. The van der Waals surface area contributed by atoms with Gasteiger partial charge in [0.1, 0.15) is 5.82 Å². The lowest BCUT2D eigenvalue weighted by molar-refractivity contribution is -0.125. The van der Waals surface area contributed by atoms with Crippen molar-refractivity contribution in [1.29, 1.82) is 0 Å². The van der Waals surface area contributed by atoms with Crippen LogP contribution in [0.2, 0.25) is 0 Å². The van der Waals surface area contributed by atoms with Gasteiger partial charge in [-0.3, -0.25) is 4.79 Å². The van der Waals surface area contributed by atoms with E-state index in [4.69, 9.17) is 5.73 Å². The fourth-order valence-electron chi connectivity index (χ4n) is 1.81. The predicted octanol–water partition coefficient (Wildman–Crippen LogP) is 2.09. The van der Waals surface area contributed by atoms with Gasteiger partial charge in [0.05, 0.1) is 5.41 Å². The molecule has 4 heteroatoms. The van der Waals surface area contributed by atoms with Crippen molar-refractivity contribution in [2.75, 3.05) is 11.9 Å². The van der Waals surface area contributed by atoms with Crippen LogP contribution >= 0.6 is 0 Å². The van der Waals surface area contributed by atoms with Crippen LogP contribution in [0.5, 0.6) is 0 Å². The quantitative estimate of drug-likeness (QED) is 0.821. The summed E-state index contributed by atoms with van der Waals surface area (Å²) >= 11 is 0. The van der Waals surface area contributed by atoms with Crippen molar-refractivity contribution in [3.05, 3.63) is 23.9 Å². The Labute approximate surface area is 103 Å². The van der Waals surface area contributed by atoms with E-state index in [1.807, 2.05) is 32.9 Å². The number of nitrogens with two attached hydrogens (primary N) is 1. The molecule has 17 heavy (non-hydrogen) atoms. The van der Waals surface area contributed by atoms with Crippen LogP contribution in [0.3, 0.4) is 0 Å². The summed E-state index contributed by atoms with van der Waals surface area (Å²) in [6.45, 7) is 6.30. The maximum Gasteiger partial charge on any atom is 0.233 e. The third-order valence-electron chi connectivity index (χ3n) is 3.38. The molecule has 0 bridgehead atoms. The van der Waals surface area contributed by atoms with E-state index in [9.17, 15) is 4.79 Å². The first-order valence-electron chi connectivity index (χ1n) is 6.02. The van der Waals surface area contributed by atoms with Crippen LogP contribution in [0.1, 0.15) is 32.3 Å². The van der Waals surface area contributed by atoms with Gasteiger partial charge >= 0.3 is 0 Å². The maximum atomic E-state index is 12.2. The molecule has 0 saturated carbocycles. The summed E-state index contributed by atoms with van der Waals surface area (Å²) in [5, 5.41) is 2.85. The van der Waals surface area contributed by atoms with E-state index in [2.05, 4.69) is 10.3 Å². The first-order chi connectivity index (χ1) is 8.07. The Balaban J connectivity index is 2.84. The average molecular weight is 235 g/mol. The first-order valence-corrected chi connectivity index (χ1v) is 6.02. The number of amides is 1. The van der Waals surface area contributed by atoms with Gasteiger partial charge in [0.2, 0.25) is 5.91 Å². The molecular formula is C13H21N3O. The normalized spacial score (nSPS) is 11.3. The zero-order valence-corrected chi connectivity index (χ0v) is 10.8. The molecule has 0 aromatic carbocycles. The highest BCUT2D eigenvalue weighted by atomic mass is 16.2. The van der Waals surface area contributed by atoms with Crippen LogP contribution in [-0.4, -0.2) is 17.4 Å². The monoisotopic (exact) mass is 235 g/mol. The molecule has 4 nitrogen and oxygen atoms in total. The number of carbonyl (C=O) groups is 1. The standard InChI is InChI=1S/C13H21N3O/c1-4-13(5-2,9-14)12(17)16-11-8-10(3)6-7-15-11/h6-8H,4-5,9,14H2,1-3H3,(H,15,16,17). The SMILES string of the molecule is CCC(CC)(CN)C(=O)Nc1cc(C)ccn1. The molecule has 0 saturated heterocycles. The minimum absolute atomic E-state index is 0.0388. The smallest absolute Gasteiger partial charge is 0.233 e. The van der Waals surface area contributed by atoms with Gasteiger partial charge in [-0.25, -0.2) is 4.98 Å². The molecule has 0 fully saturated rings. The molecule has 94 valence electrons. The van der Waals surface area contributed by atoms with E-state index >= 15 is 0 Å². The van der Waals surface area contributed by atoms with Gasteiger partial charge in [0, 0.05) is 12.7 Å². The summed E-state index contributed by atoms with van der Waals surface area (Å²) in [6, 6.07) is 3.75.